The van der Waals surface area contributed by atoms with E-state index in [-0.39, 0.29) is 29.5 Å². The van der Waals surface area contributed by atoms with Gasteiger partial charge in [-0.15, -0.1) is 12.4 Å². The molecule has 2 nitrogen and oxygen atoms in total. The molecule has 1 aromatic carbocycles. The highest BCUT2D eigenvalue weighted by molar-refractivity contribution is 5.96. The molecule has 20 heavy (non-hydrogen) atoms. The first-order valence-electron chi connectivity index (χ1n) is 6.72. The maximum absolute atomic E-state index is 12.4. The van der Waals surface area contributed by atoms with E-state index in [2.05, 4.69) is 25.7 Å². The minimum atomic E-state index is -0.0254. The SMILES string of the molecule is CN(C)CC(C(=O)/C=C/c1ccccc1)C(C)(C)C.Cl. The third kappa shape index (κ3) is 6.36. The lowest BCUT2D eigenvalue weighted by Gasteiger charge is -2.30. The quantitative estimate of drug-likeness (QED) is 0.768. The number of carbonyl (C=O) groups is 1. The van der Waals surface area contributed by atoms with Crippen molar-refractivity contribution in [1.82, 2.24) is 4.90 Å². The van der Waals surface area contributed by atoms with Crippen LogP contribution < -0.4 is 0 Å². The number of hydrogen-bond acceptors (Lipinski definition) is 2. The van der Waals surface area contributed by atoms with E-state index in [4.69, 9.17) is 0 Å². The lowest BCUT2D eigenvalue weighted by molar-refractivity contribution is -0.121. The maximum atomic E-state index is 12.4. The Morgan fingerprint density at radius 2 is 1.75 bits per heavy atom. The van der Waals surface area contributed by atoms with Crippen LogP contribution in [-0.4, -0.2) is 31.3 Å². The molecule has 0 N–H and O–H groups in total. The Labute approximate surface area is 129 Å². The molecular weight excluding hydrogens is 270 g/mol. The molecule has 0 spiro atoms. The average Bonchev–Trinajstić information content (AvgIpc) is 2.33. The van der Waals surface area contributed by atoms with Crippen LogP contribution in [0.3, 0.4) is 0 Å². The molecule has 0 fully saturated rings. The summed E-state index contributed by atoms with van der Waals surface area (Å²) in [7, 11) is 4.01. The molecule has 1 unspecified atom stereocenters. The first kappa shape index (κ1) is 18.9. The van der Waals surface area contributed by atoms with Crippen molar-refractivity contribution in [3.63, 3.8) is 0 Å². The molecule has 0 saturated heterocycles. The Morgan fingerprint density at radius 1 is 1.20 bits per heavy atom. The summed E-state index contributed by atoms with van der Waals surface area (Å²) in [6.07, 6.45) is 3.62. The second-order valence-electron chi connectivity index (χ2n) is 6.33. The molecule has 0 bridgehead atoms. The first-order valence-corrected chi connectivity index (χ1v) is 6.72. The van der Waals surface area contributed by atoms with Gasteiger partial charge in [-0.2, -0.15) is 0 Å². The normalized spacial score (nSPS) is 13.3. The van der Waals surface area contributed by atoms with Gasteiger partial charge in [0.05, 0.1) is 0 Å². The van der Waals surface area contributed by atoms with Gasteiger partial charge in [0.25, 0.3) is 0 Å². The van der Waals surface area contributed by atoms with Gasteiger partial charge in [-0.25, -0.2) is 0 Å². The first-order chi connectivity index (χ1) is 8.80. The number of allylic oxidation sites excluding steroid dienone is 1. The van der Waals surface area contributed by atoms with Gasteiger partial charge in [0, 0.05) is 12.5 Å². The molecule has 0 aliphatic heterocycles. The maximum Gasteiger partial charge on any atom is 0.160 e. The van der Waals surface area contributed by atoms with Gasteiger partial charge in [-0.3, -0.25) is 4.79 Å². The van der Waals surface area contributed by atoms with Gasteiger partial charge in [-0.1, -0.05) is 57.2 Å². The van der Waals surface area contributed by atoms with Gasteiger partial charge in [0.1, 0.15) is 0 Å². The zero-order valence-corrected chi connectivity index (χ0v) is 13.9. The fraction of sp³-hybridized carbons (Fsp3) is 0.471. The van der Waals surface area contributed by atoms with Crippen LogP contribution in [0, 0.1) is 11.3 Å². The van der Waals surface area contributed by atoms with E-state index < -0.39 is 0 Å². The monoisotopic (exact) mass is 295 g/mol. The Balaban J connectivity index is 0.00000361. The molecule has 1 aromatic rings. The molecule has 0 aliphatic carbocycles. The number of halogens is 1. The van der Waals surface area contributed by atoms with Crippen molar-refractivity contribution in [2.45, 2.75) is 20.8 Å². The lowest BCUT2D eigenvalue weighted by atomic mass is 9.77. The predicted octanol–water partition coefficient (Wildman–Crippen LogP) is 3.91. The highest BCUT2D eigenvalue weighted by Gasteiger charge is 2.29. The topological polar surface area (TPSA) is 20.3 Å². The van der Waals surface area contributed by atoms with Gasteiger partial charge in [0.15, 0.2) is 5.78 Å². The second-order valence-corrected chi connectivity index (χ2v) is 6.33. The standard InChI is InChI=1S/C17H25NO.ClH/c1-17(2,3)15(13-18(4)5)16(19)12-11-14-9-7-6-8-10-14;/h6-12,15H,13H2,1-5H3;1H/b12-11+;. The van der Waals surface area contributed by atoms with Gasteiger partial charge in [0.2, 0.25) is 0 Å². The highest BCUT2D eigenvalue weighted by atomic mass is 35.5. The second kappa shape index (κ2) is 8.23. The van der Waals surface area contributed by atoms with Crippen molar-refractivity contribution in [2.24, 2.45) is 11.3 Å². The van der Waals surface area contributed by atoms with E-state index in [9.17, 15) is 4.79 Å². The van der Waals surface area contributed by atoms with Crippen LogP contribution in [0.1, 0.15) is 26.3 Å². The summed E-state index contributed by atoms with van der Waals surface area (Å²) in [5.41, 5.74) is 1.04. The Hall–Kier alpha value is -1.12. The van der Waals surface area contributed by atoms with Crippen LogP contribution >= 0.6 is 12.4 Å². The summed E-state index contributed by atoms with van der Waals surface area (Å²) >= 11 is 0. The van der Waals surface area contributed by atoms with Crippen molar-refractivity contribution < 1.29 is 4.79 Å². The third-order valence-corrected chi connectivity index (χ3v) is 3.18. The molecule has 1 rings (SSSR count). The molecule has 0 radical (unpaired) electrons. The Kier molecular flexibility index (Phi) is 7.77. The van der Waals surface area contributed by atoms with Crippen molar-refractivity contribution >= 4 is 24.3 Å². The molecule has 3 heteroatoms. The molecule has 0 aromatic heterocycles. The summed E-state index contributed by atoms with van der Waals surface area (Å²) in [6, 6.07) is 9.93. The zero-order valence-electron chi connectivity index (χ0n) is 13.1. The number of ketones is 1. The van der Waals surface area contributed by atoms with Crippen LogP contribution in [0.4, 0.5) is 0 Å². The van der Waals surface area contributed by atoms with Gasteiger partial charge >= 0.3 is 0 Å². The minimum Gasteiger partial charge on any atom is -0.309 e. The average molecular weight is 296 g/mol. The molecule has 0 heterocycles. The molecule has 112 valence electrons. The van der Waals surface area contributed by atoms with E-state index >= 15 is 0 Å². The third-order valence-electron chi connectivity index (χ3n) is 3.18. The minimum absolute atomic E-state index is 0. The summed E-state index contributed by atoms with van der Waals surface area (Å²) < 4.78 is 0. The Morgan fingerprint density at radius 3 is 2.20 bits per heavy atom. The van der Waals surface area contributed by atoms with Crippen molar-refractivity contribution in [3.05, 3.63) is 42.0 Å². The number of nitrogens with zero attached hydrogens (tertiary/aromatic N) is 1. The van der Waals surface area contributed by atoms with E-state index in [1.807, 2.05) is 50.5 Å². The van der Waals surface area contributed by atoms with Crippen LogP contribution in [0.25, 0.3) is 6.08 Å². The summed E-state index contributed by atoms with van der Waals surface area (Å²) in [5, 5.41) is 0. The molecule has 1 atom stereocenters. The van der Waals surface area contributed by atoms with E-state index in [1.165, 1.54) is 0 Å². The fourth-order valence-corrected chi connectivity index (χ4v) is 2.01. The van der Waals surface area contributed by atoms with E-state index in [0.717, 1.165) is 12.1 Å². The van der Waals surface area contributed by atoms with Crippen LogP contribution in [0.2, 0.25) is 0 Å². The summed E-state index contributed by atoms with van der Waals surface area (Å²) in [5.74, 6) is 0.215. The molecule has 0 amide bonds. The van der Waals surface area contributed by atoms with Crippen LogP contribution in [0.5, 0.6) is 0 Å². The van der Waals surface area contributed by atoms with Gasteiger partial charge in [-0.05, 0) is 31.1 Å². The number of hydrogen-bond donors (Lipinski definition) is 0. The number of benzene rings is 1. The number of carbonyl (C=O) groups excluding carboxylic acids is 1. The fourth-order valence-electron chi connectivity index (χ4n) is 2.01. The zero-order chi connectivity index (χ0) is 14.5. The molecule has 0 aliphatic rings. The molecular formula is C17H26ClNO. The molecule has 0 saturated carbocycles. The Bertz CT molecular complexity index is 432. The smallest absolute Gasteiger partial charge is 0.160 e. The van der Waals surface area contributed by atoms with E-state index in [0.29, 0.717) is 0 Å². The van der Waals surface area contributed by atoms with Gasteiger partial charge < -0.3 is 4.90 Å². The lowest BCUT2D eigenvalue weighted by Crippen LogP contribution is -2.36. The van der Waals surface area contributed by atoms with Crippen molar-refractivity contribution in [3.8, 4) is 0 Å². The number of rotatable bonds is 5. The summed E-state index contributed by atoms with van der Waals surface area (Å²) in [6.45, 7) is 7.14. The van der Waals surface area contributed by atoms with E-state index in [1.54, 1.807) is 6.08 Å². The van der Waals surface area contributed by atoms with Crippen molar-refractivity contribution in [2.75, 3.05) is 20.6 Å². The highest BCUT2D eigenvalue weighted by Crippen LogP contribution is 2.27. The van der Waals surface area contributed by atoms with Crippen LogP contribution in [-0.2, 0) is 4.79 Å². The van der Waals surface area contributed by atoms with Crippen molar-refractivity contribution in [1.29, 1.82) is 0 Å². The summed E-state index contributed by atoms with van der Waals surface area (Å²) in [4.78, 5) is 14.5. The predicted molar refractivity (Wildman–Crippen MR) is 89.2 cm³/mol. The largest absolute Gasteiger partial charge is 0.309 e. The van der Waals surface area contributed by atoms with Crippen LogP contribution in [0.15, 0.2) is 36.4 Å².